The van der Waals surface area contributed by atoms with E-state index in [0.29, 0.717) is 29.8 Å². The lowest BCUT2D eigenvalue weighted by Crippen LogP contribution is -2.09. The van der Waals surface area contributed by atoms with Crippen LogP contribution in [-0.4, -0.2) is 28.6 Å². The number of hydrogen-bond acceptors (Lipinski definition) is 3. The van der Waals surface area contributed by atoms with E-state index in [1.165, 1.54) is 0 Å². The highest BCUT2D eigenvalue weighted by Crippen LogP contribution is 2.16. The molecule has 88 valence electrons. The summed E-state index contributed by atoms with van der Waals surface area (Å²) in [5.41, 5.74) is 1.86. The van der Waals surface area contributed by atoms with E-state index in [2.05, 4.69) is 4.98 Å². The van der Waals surface area contributed by atoms with Crippen molar-refractivity contribution in [1.29, 1.82) is 0 Å². The number of rotatable bonds is 5. The lowest BCUT2D eigenvalue weighted by atomic mass is 10.1. The van der Waals surface area contributed by atoms with Crippen LogP contribution in [0.2, 0.25) is 0 Å². The van der Waals surface area contributed by atoms with Gasteiger partial charge in [0.15, 0.2) is 0 Å². The molecule has 0 atom stereocenters. The van der Waals surface area contributed by atoms with Crippen molar-refractivity contribution in [3.05, 3.63) is 23.0 Å². The SMILES string of the molecule is CCOC(=O)c1c(CCC(=O)O)c[nH]c1C. The number of hydrogen-bond donors (Lipinski definition) is 2. The fourth-order valence-corrected chi connectivity index (χ4v) is 1.51. The maximum atomic E-state index is 11.6. The number of aryl methyl sites for hydroxylation is 2. The van der Waals surface area contributed by atoms with Crippen LogP contribution < -0.4 is 0 Å². The third-order valence-corrected chi connectivity index (χ3v) is 2.25. The molecule has 5 heteroatoms. The third kappa shape index (κ3) is 2.85. The van der Waals surface area contributed by atoms with E-state index in [1.54, 1.807) is 20.0 Å². The predicted molar refractivity (Wildman–Crippen MR) is 57.4 cm³/mol. The number of esters is 1. The highest BCUT2D eigenvalue weighted by Gasteiger charge is 2.17. The largest absolute Gasteiger partial charge is 0.481 e. The molecule has 0 bridgehead atoms. The first-order valence-corrected chi connectivity index (χ1v) is 5.12. The van der Waals surface area contributed by atoms with Crippen LogP contribution >= 0.6 is 0 Å². The van der Waals surface area contributed by atoms with Gasteiger partial charge in [0.2, 0.25) is 0 Å². The Kier molecular flexibility index (Phi) is 4.10. The van der Waals surface area contributed by atoms with Crippen molar-refractivity contribution in [2.45, 2.75) is 26.7 Å². The van der Waals surface area contributed by atoms with Gasteiger partial charge in [-0.25, -0.2) is 4.79 Å². The Hall–Kier alpha value is -1.78. The predicted octanol–water partition coefficient (Wildman–Crippen LogP) is 1.52. The number of aromatic amines is 1. The zero-order valence-electron chi connectivity index (χ0n) is 9.37. The molecule has 2 N–H and O–H groups in total. The second kappa shape index (κ2) is 5.34. The maximum absolute atomic E-state index is 11.6. The number of carboxylic acids is 1. The molecule has 0 aliphatic heterocycles. The first-order chi connectivity index (χ1) is 7.56. The Labute approximate surface area is 93.4 Å². The molecule has 16 heavy (non-hydrogen) atoms. The molecule has 0 radical (unpaired) electrons. The molecule has 0 amide bonds. The van der Waals surface area contributed by atoms with E-state index in [1.807, 2.05) is 0 Å². The average Bonchev–Trinajstić information content (AvgIpc) is 2.57. The normalized spacial score (nSPS) is 10.1. The molecule has 5 nitrogen and oxygen atoms in total. The zero-order valence-corrected chi connectivity index (χ0v) is 9.37. The van der Waals surface area contributed by atoms with Gasteiger partial charge in [0.25, 0.3) is 0 Å². The van der Waals surface area contributed by atoms with Crippen LogP contribution in [0.15, 0.2) is 6.20 Å². The summed E-state index contributed by atoms with van der Waals surface area (Å²) in [6.07, 6.45) is 1.99. The summed E-state index contributed by atoms with van der Waals surface area (Å²) in [5, 5.41) is 8.59. The Morgan fingerprint density at radius 3 is 2.75 bits per heavy atom. The van der Waals surface area contributed by atoms with Gasteiger partial charge in [-0.05, 0) is 25.8 Å². The minimum atomic E-state index is -0.881. The second-order valence-corrected chi connectivity index (χ2v) is 3.43. The first kappa shape index (κ1) is 12.3. The molecule has 0 unspecified atom stereocenters. The number of nitrogens with one attached hydrogen (secondary N) is 1. The fraction of sp³-hybridized carbons (Fsp3) is 0.455. The minimum Gasteiger partial charge on any atom is -0.481 e. The topological polar surface area (TPSA) is 79.4 Å². The lowest BCUT2D eigenvalue weighted by molar-refractivity contribution is -0.136. The van der Waals surface area contributed by atoms with Gasteiger partial charge in [0.05, 0.1) is 12.2 Å². The molecular weight excluding hydrogens is 210 g/mol. The van der Waals surface area contributed by atoms with Gasteiger partial charge in [0, 0.05) is 18.3 Å². The van der Waals surface area contributed by atoms with E-state index in [-0.39, 0.29) is 6.42 Å². The smallest absolute Gasteiger partial charge is 0.340 e. The molecule has 0 saturated carbocycles. The van der Waals surface area contributed by atoms with Crippen molar-refractivity contribution in [3.8, 4) is 0 Å². The molecule has 1 heterocycles. The highest BCUT2D eigenvalue weighted by molar-refractivity contribution is 5.92. The van der Waals surface area contributed by atoms with Gasteiger partial charge < -0.3 is 14.8 Å². The van der Waals surface area contributed by atoms with Gasteiger partial charge >= 0.3 is 11.9 Å². The van der Waals surface area contributed by atoms with E-state index in [4.69, 9.17) is 9.84 Å². The van der Waals surface area contributed by atoms with E-state index in [9.17, 15) is 9.59 Å². The van der Waals surface area contributed by atoms with Crippen LogP contribution in [0.3, 0.4) is 0 Å². The molecule has 0 spiro atoms. The van der Waals surface area contributed by atoms with Gasteiger partial charge in [-0.1, -0.05) is 0 Å². The Morgan fingerprint density at radius 1 is 1.50 bits per heavy atom. The summed E-state index contributed by atoms with van der Waals surface area (Å²) in [6, 6.07) is 0. The number of carbonyl (C=O) groups excluding carboxylic acids is 1. The summed E-state index contributed by atoms with van der Waals surface area (Å²) < 4.78 is 4.91. The van der Waals surface area contributed by atoms with Crippen molar-refractivity contribution in [2.75, 3.05) is 6.61 Å². The second-order valence-electron chi connectivity index (χ2n) is 3.43. The molecule has 0 fully saturated rings. The third-order valence-electron chi connectivity index (χ3n) is 2.25. The maximum Gasteiger partial charge on any atom is 0.340 e. The Bertz CT molecular complexity index is 395. The molecule has 1 aromatic heterocycles. The molecule has 0 aromatic carbocycles. The quantitative estimate of drug-likeness (QED) is 0.744. The van der Waals surface area contributed by atoms with Crippen LogP contribution in [-0.2, 0) is 16.0 Å². The van der Waals surface area contributed by atoms with Crippen molar-refractivity contribution in [1.82, 2.24) is 4.98 Å². The van der Waals surface area contributed by atoms with E-state index < -0.39 is 11.9 Å². The van der Waals surface area contributed by atoms with E-state index >= 15 is 0 Å². The monoisotopic (exact) mass is 225 g/mol. The number of aliphatic carboxylic acids is 1. The Balaban J connectivity index is 2.85. The minimum absolute atomic E-state index is 0.00367. The first-order valence-electron chi connectivity index (χ1n) is 5.12. The summed E-state index contributed by atoms with van der Waals surface area (Å²) >= 11 is 0. The van der Waals surface area contributed by atoms with Crippen molar-refractivity contribution >= 4 is 11.9 Å². The summed E-state index contributed by atoms with van der Waals surface area (Å²) in [5.74, 6) is -1.28. The molecule has 1 rings (SSSR count). The zero-order chi connectivity index (χ0) is 12.1. The number of carboxylic acid groups (broad SMARTS) is 1. The van der Waals surface area contributed by atoms with Gasteiger partial charge in [-0.15, -0.1) is 0 Å². The number of ether oxygens (including phenoxy) is 1. The van der Waals surface area contributed by atoms with Crippen LogP contribution in [0.5, 0.6) is 0 Å². The summed E-state index contributed by atoms with van der Waals surface area (Å²) in [6.45, 7) is 3.80. The fourth-order valence-electron chi connectivity index (χ4n) is 1.51. The van der Waals surface area contributed by atoms with Crippen LogP contribution in [0.1, 0.15) is 35.0 Å². The number of carbonyl (C=O) groups is 2. The number of H-pyrrole nitrogens is 1. The number of aromatic nitrogens is 1. The lowest BCUT2D eigenvalue weighted by Gasteiger charge is -2.04. The standard InChI is InChI=1S/C11H15NO4/c1-3-16-11(15)10-7(2)12-6-8(10)4-5-9(13)14/h6,12H,3-5H2,1-2H3,(H,13,14). The summed E-state index contributed by atoms with van der Waals surface area (Å²) in [7, 11) is 0. The Morgan fingerprint density at radius 2 is 2.19 bits per heavy atom. The van der Waals surface area contributed by atoms with Crippen molar-refractivity contribution in [2.24, 2.45) is 0 Å². The summed E-state index contributed by atoms with van der Waals surface area (Å²) in [4.78, 5) is 25.0. The van der Waals surface area contributed by atoms with E-state index in [0.717, 1.165) is 0 Å². The van der Waals surface area contributed by atoms with Gasteiger partial charge in [-0.3, -0.25) is 4.79 Å². The molecule has 0 saturated heterocycles. The molecule has 0 aliphatic rings. The van der Waals surface area contributed by atoms with Crippen molar-refractivity contribution in [3.63, 3.8) is 0 Å². The van der Waals surface area contributed by atoms with Crippen LogP contribution in [0.4, 0.5) is 0 Å². The molecular formula is C11H15NO4. The van der Waals surface area contributed by atoms with Crippen molar-refractivity contribution < 1.29 is 19.4 Å². The van der Waals surface area contributed by atoms with Gasteiger partial charge in [0.1, 0.15) is 0 Å². The van der Waals surface area contributed by atoms with Crippen LogP contribution in [0.25, 0.3) is 0 Å². The van der Waals surface area contributed by atoms with Gasteiger partial charge in [-0.2, -0.15) is 0 Å². The molecule has 0 aliphatic carbocycles. The van der Waals surface area contributed by atoms with Crippen LogP contribution in [0, 0.1) is 6.92 Å². The molecule has 1 aromatic rings. The highest BCUT2D eigenvalue weighted by atomic mass is 16.5. The average molecular weight is 225 g/mol.